The Hall–Kier alpha value is -4.29. The fourth-order valence-electron chi connectivity index (χ4n) is 4.17. The first-order chi connectivity index (χ1) is 19.7. The molecule has 216 valence electrons. The number of aryl methyl sites for hydroxylation is 1. The van der Waals surface area contributed by atoms with Gasteiger partial charge in [0.05, 0.1) is 24.6 Å². The van der Waals surface area contributed by atoms with Crippen LogP contribution < -0.4 is 14.4 Å². The molecule has 2 N–H and O–H groups in total. The van der Waals surface area contributed by atoms with Crippen molar-refractivity contribution in [2.45, 2.75) is 24.3 Å². The molecule has 0 aliphatic rings. The Balaban J connectivity index is 1.45. The van der Waals surface area contributed by atoms with E-state index in [2.05, 4.69) is 5.10 Å². The quantitative estimate of drug-likeness (QED) is 0.233. The van der Waals surface area contributed by atoms with E-state index in [9.17, 15) is 27.1 Å². The molecule has 0 aliphatic heterocycles. The third-order valence-electron chi connectivity index (χ3n) is 6.22. The topological polar surface area (TPSA) is 114 Å². The molecule has 3 aromatic carbocycles. The maximum absolute atomic E-state index is 13.5. The van der Waals surface area contributed by atoms with E-state index in [4.69, 9.17) is 4.74 Å². The highest BCUT2D eigenvalue weighted by Gasteiger charge is 2.20. The highest BCUT2D eigenvalue weighted by molar-refractivity contribution is 7.90. The minimum atomic E-state index is -4.38. The second kappa shape index (κ2) is 13.9. The number of nitrogens with zero attached hydrogens (tertiary/aromatic N) is 3. The molecule has 41 heavy (non-hydrogen) atoms. The first kappa shape index (κ1) is 29.7. The smallest absolute Gasteiger partial charge is 0.264 e. The van der Waals surface area contributed by atoms with Gasteiger partial charge in [0.2, 0.25) is 5.91 Å². The molecule has 1 amide bonds. The van der Waals surface area contributed by atoms with E-state index in [0.29, 0.717) is 43.1 Å². The fraction of sp³-hybridized carbons (Fsp3) is 0.241. The Kier molecular flexibility index (Phi) is 10.0. The first-order valence-electron chi connectivity index (χ1n) is 12.9. The van der Waals surface area contributed by atoms with Crippen molar-refractivity contribution >= 4 is 21.6 Å². The zero-order chi connectivity index (χ0) is 29.2. The van der Waals surface area contributed by atoms with Crippen molar-refractivity contribution in [2.75, 3.05) is 31.2 Å². The highest BCUT2D eigenvalue weighted by atomic mass is 32.2. The average molecular weight is 585 g/mol. The number of carbonyl (C=O) groups is 1. The van der Waals surface area contributed by atoms with Crippen LogP contribution in [0.2, 0.25) is 0 Å². The summed E-state index contributed by atoms with van der Waals surface area (Å²) in [6.45, 7) is 1.66. The van der Waals surface area contributed by atoms with Gasteiger partial charge in [-0.25, -0.2) is 21.9 Å². The minimum Gasteiger partial charge on any atom is -0.491 e. The summed E-state index contributed by atoms with van der Waals surface area (Å²) in [5.74, 6) is -2.80. The molecular formula is C29H30F2N4O5S. The van der Waals surface area contributed by atoms with Gasteiger partial charge in [0.1, 0.15) is 12.4 Å². The molecule has 1 aromatic heterocycles. The summed E-state index contributed by atoms with van der Waals surface area (Å²) in [6.07, 6.45) is 3.48. The number of para-hydroxylation sites is 1. The molecule has 0 fully saturated rings. The Labute approximate surface area is 237 Å². The second-order valence-electron chi connectivity index (χ2n) is 9.14. The van der Waals surface area contributed by atoms with Gasteiger partial charge in [-0.3, -0.25) is 9.48 Å². The van der Waals surface area contributed by atoms with Crippen molar-refractivity contribution in [3.8, 4) is 5.75 Å². The maximum Gasteiger partial charge on any atom is 0.264 e. The van der Waals surface area contributed by atoms with Gasteiger partial charge >= 0.3 is 0 Å². The molecule has 0 unspecified atom stereocenters. The lowest BCUT2D eigenvalue weighted by atomic mass is 10.1. The molecular weight excluding hydrogens is 554 g/mol. The first-order valence-corrected chi connectivity index (χ1v) is 14.4. The van der Waals surface area contributed by atoms with E-state index >= 15 is 0 Å². The van der Waals surface area contributed by atoms with Gasteiger partial charge in [-0.05, 0) is 60.0 Å². The number of aliphatic hydroxyl groups excluding tert-OH is 1. The molecule has 0 atom stereocenters. The van der Waals surface area contributed by atoms with Crippen LogP contribution in [0.15, 0.2) is 90.1 Å². The van der Waals surface area contributed by atoms with Crippen LogP contribution in [-0.4, -0.2) is 55.5 Å². The van der Waals surface area contributed by atoms with Gasteiger partial charge in [0.25, 0.3) is 10.0 Å². The van der Waals surface area contributed by atoms with E-state index in [1.165, 1.54) is 0 Å². The number of sulfonamides is 1. The number of aliphatic hydroxyl groups is 1. The zero-order valence-corrected chi connectivity index (χ0v) is 22.9. The summed E-state index contributed by atoms with van der Waals surface area (Å²) in [7, 11) is -4.38. The zero-order valence-electron chi connectivity index (χ0n) is 22.1. The van der Waals surface area contributed by atoms with Crippen molar-refractivity contribution in [1.29, 1.82) is 0 Å². The number of hydrogen-bond donors (Lipinski definition) is 2. The summed E-state index contributed by atoms with van der Waals surface area (Å²) in [5.41, 5.74) is 2.54. The molecule has 0 spiro atoms. The standard InChI is InChI=1S/C29H30F2N4O5S/c30-26-11-10-25(20-27(26)31)41(38,39)33-29(37)12-9-23-8-7-22(21-35-14-4-13-32-35)19-28(23)40-18-16-34(15-17-36)24-5-2-1-3-6-24/h1-8,10-11,13-14,19-20,36H,9,12,15-18,21H2,(H,33,37). The third kappa shape index (κ3) is 8.35. The second-order valence-corrected chi connectivity index (χ2v) is 10.8. The highest BCUT2D eigenvalue weighted by Crippen LogP contribution is 2.24. The van der Waals surface area contributed by atoms with Crippen molar-refractivity contribution < 1.29 is 31.8 Å². The van der Waals surface area contributed by atoms with E-state index in [1.54, 1.807) is 10.9 Å². The molecule has 0 aliphatic carbocycles. The molecule has 1 heterocycles. The number of amides is 1. The number of hydrogen-bond acceptors (Lipinski definition) is 7. The van der Waals surface area contributed by atoms with Gasteiger partial charge in [0.15, 0.2) is 11.6 Å². The molecule has 0 radical (unpaired) electrons. The fourth-order valence-corrected chi connectivity index (χ4v) is 5.19. The van der Waals surface area contributed by atoms with Gasteiger partial charge in [0, 0.05) is 31.0 Å². The minimum absolute atomic E-state index is 0.0257. The summed E-state index contributed by atoms with van der Waals surface area (Å²) in [4.78, 5) is 14.0. The van der Waals surface area contributed by atoms with Crippen molar-refractivity contribution in [3.05, 3.63) is 108 Å². The van der Waals surface area contributed by atoms with Crippen LogP contribution in [0.3, 0.4) is 0 Å². The van der Waals surface area contributed by atoms with Crippen molar-refractivity contribution in [1.82, 2.24) is 14.5 Å². The molecule has 9 nitrogen and oxygen atoms in total. The average Bonchev–Trinajstić information content (AvgIpc) is 3.47. The lowest BCUT2D eigenvalue weighted by molar-refractivity contribution is -0.119. The third-order valence-corrected chi connectivity index (χ3v) is 7.59. The van der Waals surface area contributed by atoms with Crippen LogP contribution in [0.5, 0.6) is 5.75 Å². The lowest BCUT2D eigenvalue weighted by Crippen LogP contribution is -2.31. The van der Waals surface area contributed by atoms with Crippen LogP contribution in [0.4, 0.5) is 14.5 Å². The monoisotopic (exact) mass is 584 g/mol. The molecule has 4 rings (SSSR count). The number of rotatable bonds is 14. The van der Waals surface area contributed by atoms with Gasteiger partial charge in [-0.2, -0.15) is 5.10 Å². The number of anilines is 1. The van der Waals surface area contributed by atoms with Crippen LogP contribution in [0.25, 0.3) is 0 Å². The predicted octanol–water partition coefficient (Wildman–Crippen LogP) is 3.53. The van der Waals surface area contributed by atoms with E-state index in [-0.39, 0.29) is 26.1 Å². The van der Waals surface area contributed by atoms with Crippen molar-refractivity contribution in [3.63, 3.8) is 0 Å². The van der Waals surface area contributed by atoms with Gasteiger partial charge < -0.3 is 14.7 Å². The Morgan fingerprint density at radius 3 is 2.51 bits per heavy atom. The molecule has 0 saturated carbocycles. The largest absolute Gasteiger partial charge is 0.491 e. The maximum atomic E-state index is 13.5. The summed E-state index contributed by atoms with van der Waals surface area (Å²) in [5, 5.41) is 13.7. The Bertz CT molecular complexity index is 1550. The normalized spacial score (nSPS) is 11.3. The lowest BCUT2D eigenvalue weighted by Gasteiger charge is -2.24. The number of nitrogens with one attached hydrogen (secondary N) is 1. The molecule has 0 saturated heterocycles. The van der Waals surface area contributed by atoms with Crippen LogP contribution in [0, 0.1) is 11.6 Å². The Morgan fingerprint density at radius 1 is 1.00 bits per heavy atom. The van der Waals surface area contributed by atoms with Crippen molar-refractivity contribution in [2.24, 2.45) is 0 Å². The van der Waals surface area contributed by atoms with Gasteiger partial charge in [-0.15, -0.1) is 0 Å². The van der Waals surface area contributed by atoms with E-state index < -0.39 is 32.5 Å². The number of halogens is 2. The number of carbonyl (C=O) groups excluding carboxylic acids is 1. The van der Waals surface area contributed by atoms with Crippen LogP contribution in [0.1, 0.15) is 17.5 Å². The van der Waals surface area contributed by atoms with E-state index in [0.717, 1.165) is 17.3 Å². The van der Waals surface area contributed by atoms with E-state index in [1.807, 2.05) is 70.4 Å². The number of aromatic nitrogens is 2. The SMILES string of the molecule is O=C(CCc1ccc(Cn2cccn2)cc1OCCN(CCO)c1ccccc1)NS(=O)(=O)c1ccc(F)c(F)c1. The summed E-state index contributed by atoms with van der Waals surface area (Å²) in [6, 6.07) is 19.1. The van der Waals surface area contributed by atoms with Gasteiger partial charge in [-0.1, -0.05) is 30.3 Å². The summed E-state index contributed by atoms with van der Waals surface area (Å²) >= 11 is 0. The molecule has 4 aromatic rings. The molecule has 12 heteroatoms. The molecule has 0 bridgehead atoms. The number of benzene rings is 3. The van der Waals surface area contributed by atoms with Crippen LogP contribution >= 0.6 is 0 Å². The number of ether oxygens (including phenoxy) is 1. The predicted molar refractivity (Wildman–Crippen MR) is 149 cm³/mol. The Morgan fingerprint density at radius 2 is 1.80 bits per heavy atom. The van der Waals surface area contributed by atoms with Crippen LogP contribution in [-0.2, 0) is 27.8 Å². The summed E-state index contributed by atoms with van der Waals surface area (Å²) < 4.78 is 61.5.